The molecule has 2 nitrogen and oxygen atoms in total. The van der Waals surface area contributed by atoms with Crippen molar-refractivity contribution in [1.82, 2.24) is 0 Å². The SMILES string of the molecule is CN(CC1(N)CC1)c1cccc(F)c1. The summed E-state index contributed by atoms with van der Waals surface area (Å²) in [6.07, 6.45) is 2.15. The molecule has 14 heavy (non-hydrogen) atoms. The number of nitrogens with two attached hydrogens (primary N) is 1. The lowest BCUT2D eigenvalue weighted by Crippen LogP contribution is -2.37. The predicted octanol–water partition coefficient (Wildman–Crippen LogP) is 1.75. The second-order valence-electron chi connectivity index (χ2n) is 4.20. The molecule has 1 saturated carbocycles. The smallest absolute Gasteiger partial charge is 0.125 e. The summed E-state index contributed by atoms with van der Waals surface area (Å²) in [4.78, 5) is 2.01. The second-order valence-corrected chi connectivity index (χ2v) is 4.20. The fraction of sp³-hybridized carbons (Fsp3) is 0.455. The summed E-state index contributed by atoms with van der Waals surface area (Å²) < 4.78 is 12.9. The molecule has 2 N–H and O–H groups in total. The van der Waals surface area contributed by atoms with Crippen molar-refractivity contribution in [2.24, 2.45) is 5.73 Å². The van der Waals surface area contributed by atoms with E-state index in [1.165, 1.54) is 12.1 Å². The Hall–Kier alpha value is -1.09. The molecule has 0 bridgehead atoms. The fourth-order valence-corrected chi connectivity index (χ4v) is 1.60. The fourth-order valence-electron chi connectivity index (χ4n) is 1.60. The van der Waals surface area contributed by atoms with E-state index in [0.717, 1.165) is 25.1 Å². The number of benzene rings is 1. The van der Waals surface area contributed by atoms with E-state index in [1.54, 1.807) is 6.07 Å². The minimum absolute atomic E-state index is 0.0267. The van der Waals surface area contributed by atoms with E-state index in [9.17, 15) is 4.39 Å². The molecule has 76 valence electrons. The van der Waals surface area contributed by atoms with Crippen molar-refractivity contribution in [3.05, 3.63) is 30.1 Å². The maximum Gasteiger partial charge on any atom is 0.125 e. The molecule has 0 heterocycles. The van der Waals surface area contributed by atoms with Gasteiger partial charge >= 0.3 is 0 Å². The molecule has 0 radical (unpaired) electrons. The minimum Gasteiger partial charge on any atom is -0.373 e. The maximum atomic E-state index is 12.9. The van der Waals surface area contributed by atoms with Gasteiger partial charge < -0.3 is 10.6 Å². The lowest BCUT2D eigenvalue weighted by Gasteiger charge is -2.22. The Bertz CT molecular complexity index is 334. The highest BCUT2D eigenvalue weighted by Gasteiger charge is 2.39. The van der Waals surface area contributed by atoms with Gasteiger partial charge in [0.1, 0.15) is 5.82 Å². The summed E-state index contributed by atoms with van der Waals surface area (Å²) in [5.74, 6) is -0.198. The summed E-state index contributed by atoms with van der Waals surface area (Å²) in [6, 6.07) is 6.60. The third kappa shape index (κ3) is 2.04. The first-order valence-corrected chi connectivity index (χ1v) is 4.85. The van der Waals surface area contributed by atoms with Gasteiger partial charge in [-0.2, -0.15) is 0 Å². The average Bonchev–Trinajstić information content (AvgIpc) is 2.83. The topological polar surface area (TPSA) is 29.3 Å². The van der Waals surface area contributed by atoms with Crippen LogP contribution in [0.15, 0.2) is 24.3 Å². The van der Waals surface area contributed by atoms with Crippen molar-refractivity contribution in [2.75, 3.05) is 18.5 Å². The van der Waals surface area contributed by atoms with Crippen molar-refractivity contribution in [3.8, 4) is 0 Å². The molecule has 0 aliphatic heterocycles. The molecule has 1 fully saturated rings. The number of hydrogen-bond acceptors (Lipinski definition) is 2. The lowest BCUT2D eigenvalue weighted by molar-refractivity contribution is 0.623. The Labute approximate surface area is 83.5 Å². The largest absolute Gasteiger partial charge is 0.373 e. The monoisotopic (exact) mass is 194 g/mol. The summed E-state index contributed by atoms with van der Waals surface area (Å²) in [6.45, 7) is 0.802. The zero-order chi connectivity index (χ0) is 10.2. The molecule has 0 saturated heterocycles. The van der Waals surface area contributed by atoms with Gasteiger partial charge in [0.2, 0.25) is 0 Å². The number of hydrogen-bond donors (Lipinski definition) is 1. The van der Waals surface area contributed by atoms with Gasteiger partial charge in [-0.25, -0.2) is 4.39 Å². The van der Waals surface area contributed by atoms with Crippen LogP contribution < -0.4 is 10.6 Å². The first-order valence-electron chi connectivity index (χ1n) is 4.85. The first kappa shape index (κ1) is 9.46. The standard InChI is InChI=1S/C11H15FN2/c1-14(8-11(13)5-6-11)10-4-2-3-9(12)7-10/h2-4,7H,5-6,8,13H2,1H3. The van der Waals surface area contributed by atoms with E-state index in [1.807, 2.05) is 18.0 Å². The first-order chi connectivity index (χ1) is 6.59. The van der Waals surface area contributed by atoms with Gasteiger partial charge in [0.15, 0.2) is 0 Å². The molecule has 0 unspecified atom stereocenters. The highest BCUT2D eigenvalue weighted by Crippen LogP contribution is 2.33. The van der Waals surface area contributed by atoms with E-state index in [0.29, 0.717) is 0 Å². The van der Waals surface area contributed by atoms with Crippen molar-refractivity contribution in [2.45, 2.75) is 18.4 Å². The molecule has 1 aromatic carbocycles. The van der Waals surface area contributed by atoms with Gasteiger partial charge in [-0.15, -0.1) is 0 Å². The summed E-state index contributed by atoms with van der Waals surface area (Å²) in [5.41, 5.74) is 6.85. The molecule has 0 spiro atoms. The molecular formula is C11H15FN2. The van der Waals surface area contributed by atoms with E-state index in [-0.39, 0.29) is 11.4 Å². The average molecular weight is 194 g/mol. The van der Waals surface area contributed by atoms with Crippen molar-refractivity contribution in [3.63, 3.8) is 0 Å². The zero-order valence-electron chi connectivity index (χ0n) is 8.33. The molecule has 1 aromatic rings. The van der Waals surface area contributed by atoms with E-state index in [4.69, 9.17) is 5.73 Å². The third-order valence-electron chi connectivity index (χ3n) is 2.69. The van der Waals surface area contributed by atoms with Crippen LogP contribution in [0.25, 0.3) is 0 Å². The maximum absolute atomic E-state index is 12.9. The number of likely N-dealkylation sites (N-methyl/N-ethyl adjacent to an activating group) is 1. The summed E-state index contributed by atoms with van der Waals surface area (Å²) >= 11 is 0. The minimum atomic E-state index is -0.198. The Kier molecular flexibility index (Phi) is 2.19. The van der Waals surface area contributed by atoms with Crippen LogP contribution in [0, 0.1) is 5.82 Å². The van der Waals surface area contributed by atoms with Gasteiger partial charge in [-0.05, 0) is 31.0 Å². The van der Waals surface area contributed by atoms with Crippen LogP contribution in [0.4, 0.5) is 10.1 Å². The highest BCUT2D eigenvalue weighted by molar-refractivity contribution is 5.46. The van der Waals surface area contributed by atoms with Gasteiger partial charge in [-0.1, -0.05) is 6.07 Å². The van der Waals surface area contributed by atoms with Crippen molar-refractivity contribution in [1.29, 1.82) is 0 Å². The van der Waals surface area contributed by atoms with E-state index >= 15 is 0 Å². The van der Waals surface area contributed by atoms with Crippen LogP contribution in [-0.4, -0.2) is 19.1 Å². The second kappa shape index (κ2) is 3.24. The zero-order valence-corrected chi connectivity index (χ0v) is 8.33. The quantitative estimate of drug-likeness (QED) is 0.794. The molecule has 0 atom stereocenters. The van der Waals surface area contributed by atoms with Crippen LogP contribution in [0.2, 0.25) is 0 Å². The van der Waals surface area contributed by atoms with Crippen molar-refractivity contribution >= 4 is 5.69 Å². The molecule has 1 aliphatic rings. The summed E-state index contributed by atoms with van der Waals surface area (Å²) in [5, 5.41) is 0. The molecule has 0 amide bonds. The predicted molar refractivity (Wildman–Crippen MR) is 55.8 cm³/mol. The number of nitrogens with zero attached hydrogens (tertiary/aromatic N) is 1. The molecule has 0 aromatic heterocycles. The normalized spacial score (nSPS) is 17.9. The number of halogens is 1. The molecule has 3 heteroatoms. The Morgan fingerprint density at radius 1 is 1.50 bits per heavy atom. The van der Waals surface area contributed by atoms with Gasteiger partial charge in [0.05, 0.1) is 0 Å². The number of rotatable bonds is 3. The van der Waals surface area contributed by atoms with Crippen LogP contribution in [0.1, 0.15) is 12.8 Å². The van der Waals surface area contributed by atoms with Crippen LogP contribution in [0.5, 0.6) is 0 Å². The molecular weight excluding hydrogens is 179 g/mol. The van der Waals surface area contributed by atoms with E-state index in [2.05, 4.69) is 0 Å². The van der Waals surface area contributed by atoms with Crippen molar-refractivity contribution < 1.29 is 4.39 Å². The van der Waals surface area contributed by atoms with Crippen LogP contribution in [0.3, 0.4) is 0 Å². The third-order valence-corrected chi connectivity index (χ3v) is 2.69. The van der Waals surface area contributed by atoms with Gasteiger partial charge in [-0.3, -0.25) is 0 Å². The lowest BCUT2D eigenvalue weighted by atomic mass is 10.2. The van der Waals surface area contributed by atoms with E-state index < -0.39 is 0 Å². The van der Waals surface area contributed by atoms with Gasteiger partial charge in [0.25, 0.3) is 0 Å². The van der Waals surface area contributed by atoms with Gasteiger partial charge in [0, 0.05) is 24.8 Å². The Morgan fingerprint density at radius 3 is 2.79 bits per heavy atom. The van der Waals surface area contributed by atoms with Crippen LogP contribution >= 0.6 is 0 Å². The van der Waals surface area contributed by atoms with Crippen LogP contribution in [-0.2, 0) is 0 Å². The Morgan fingerprint density at radius 2 is 2.21 bits per heavy atom. The number of anilines is 1. The molecule has 2 rings (SSSR count). The summed E-state index contributed by atoms with van der Waals surface area (Å²) in [7, 11) is 1.95. The Balaban J connectivity index is 2.06. The molecule has 1 aliphatic carbocycles. The highest BCUT2D eigenvalue weighted by atomic mass is 19.1.